The summed E-state index contributed by atoms with van der Waals surface area (Å²) in [7, 11) is 1.95. The largest absolute Gasteiger partial charge is 0.349 e. The summed E-state index contributed by atoms with van der Waals surface area (Å²) in [6, 6.07) is 8.19. The summed E-state index contributed by atoms with van der Waals surface area (Å²) in [6.45, 7) is 6.89. The van der Waals surface area contributed by atoms with Gasteiger partial charge in [0.15, 0.2) is 17.2 Å². The van der Waals surface area contributed by atoms with Crippen molar-refractivity contribution < 1.29 is 9.69 Å². The first-order chi connectivity index (χ1) is 11.3. The van der Waals surface area contributed by atoms with E-state index in [2.05, 4.69) is 15.7 Å². The van der Waals surface area contributed by atoms with Crippen molar-refractivity contribution in [2.45, 2.75) is 33.5 Å². The molecule has 0 bridgehead atoms. The van der Waals surface area contributed by atoms with E-state index in [4.69, 9.17) is 12.2 Å². The summed E-state index contributed by atoms with van der Waals surface area (Å²) in [6.07, 6.45) is 0. The topological polar surface area (TPSA) is 63.4 Å². The number of nitrogens with one attached hydrogen (secondary N) is 3. The fourth-order valence-electron chi connectivity index (χ4n) is 2.24. The van der Waals surface area contributed by atoms with Gasteiger partial charge in [0.05, 0.1) is 7.05 Å². The molecule has 0 saturated heterocycles. The lowest BCUT2D eigenvalue weighted by atomic mass is 10.2. The van der Waals surface area contributed by atoms with E-state index >= 15 is 0 Å². The minimum atomic E-state index is 0.0301. The van der Waals surface area contributed by atoms with Crippen molar-refractivity contribution in [2.24, 2.45) is 0 Å². The van der Waals surface area contributed by atoms with E-state index in [-0.39, 0.29) is 11.9 Å². The molecule has 130 valence electrons. The molecule has 0 radical (unpaired) electrons. The number of anilines is 2. The number of benzene rings is 1. The first-order valence-electron chi connectivity index (χ1n) is 7.86. The van der Waals surface area contributed by atoms with Crippen LogP contribution in [0.1, 0.15) is 19.4 Å². The quantitative estimate of drug-likeness (QED) is 0.653. The number of hydrogen-bond donors (Lipinski definition) is 3. The molecule has 8 heteroatoms. The molecule has 2 rings (SSSR count). The van der Waals surface area contributed by atoms with Crippen LogP contribution in [0.25, 0.3) is 0 Å². The van der Waals surface area contributed by atoms with Crippen molar-refractivity contribution in [3.05, 3.63) is 33.8 Å². The van der Waals surface area contributed by atoms with Crippen LogP contribution in [-0.4, -0.2) is 35.3 Å². The number of amides is 1. The molecule has 24 heavy (non-hydrogen) atoms. The van der Waals surface area contributed by atoms with Crippen LogP contribution >= 0.6 is 23.6 Å². The number of rotatable bonds is 7. The van der Waals surface area contributed by atoms with Crippen molar-refractivity contribution in [1.82, 2.24) is 15.1 Å². The zero-order valence-electron chi connectivity index (χ0n) is 14.4. The highest BCUT2D eigenvalue weighted by Gasteiger charge is 2.13. The van der Waals surface area contributed by atoms with E-state index in [0.717, 1.165) is 21.3 Å². The molecule has 0 aliphatic heterocycles. The van der Waals surface area contributed by atoms with Gasteiger partial charge in [0.2, 0.25) is 5.13 Å². The van der Waals surface area contributed by atoms with Gasteiger partial charge in [-0.25, -0.2) is 0 Å². The van der Waals surface area contributed by atoms with Crippen molar-refractivity contribution in [3.63, 3.8) is 0 Å². The van der Waals surface area contributed by atoms with Gasteiger partial charge in [-0.1, -0.05) is 29.5 Å². The van der Waals surface area contributed by atoms with Crippen LogP contribution in [-0.2, 0) is 11.5 Å². The SMILES string of the molecule is Cc1ccccc1Nc1nn(C[NH+](C)CC(=O)NC(C)C)c(=S)s1. The minimum absolute atomic E-state index is 0.0301. The highest BCUT2D eigenvalue weighted by atomic mass is 32.1. The molecule has 1 atom stereocenters. The summed E-state index contributed by atoms with van der Waals surface area (Å²) < 4.78 is 2.45. The van der Waals surface area contributed by atoms with E-state index in [1.165, 1.54) is 11.3 Å². The van der Waals surface area contributed by atoms with Crippen LogP contribution in [0.15, 0.2) is 24.3 Å². The molecule has 1 aromatic carbocycles. The van der Waals surface area contributed by atoms with Crippen molar-refractivity contribution in [1.29, 1.82) is 0 Å². The minimum Gasteiger partial charge on any atom is -0.349 e. The van der Waals surface area contributed by atoms with Crippen LogP contribution in [0.2, 0.25) is 0 Å². The Kier molecular flexibility index (Phi) is 6.47. The fraction of sp³-hybridized carbons (Fsp3) is 0.438. The lowest BCUT2D eigenvalue weighted by molar-refractivity contribution is -0.895. The lowest BCUT2D eigenvalue weighted by Gasteiger charge is -2.14. The van der Waals surface area contributed by atoms with Crippen LogP contribution < -0.4 is 15.5 Å². The second kappa shape index (κ2) is 8.36. The van der Waals surface area contributed by atoms with Crippen molar-refractivity contribution in [2.75, 3.05) is 18.9 Å². The predicted octanol–water partition coefficient (Wildman–Crippen LogP) is 1.72. The number of carbonyl (C=O) groups excluding carboxylic acids is 1. The normalized spacial score (nSPS) is 12.2. The Morgan fingerprint density at radius 2 is 2.12 bits per heavy atom. The zero-order valence-corrected chi connectivity index (χ0v) is 16.1. The number of hydrogen-bond acceptors (Lipinski definition) is 5. The van der Waals surface area contributed by atoms with Gasteiger partial charge in [0, 0.05) is 11.7 Å². The van der Waals surface area contributed by atoms with Gasteiger partial charge in [-0.2, -0.15) is 4.68 Å². The molecule has 0 saturated carbocycles. The number of carbonyl (C=O) groups is 1. The molecule has 0 aliphatic carbocycles. The van der Waals surface area contributed by atoms with Gasteiger partial charge in [-0.15, -0.1) is 5.10 Å². The fourth-order valence-corrected chi connectivity index (χ4v) is 3.26. The smallest absolute Gasteiger partial charge is 0.275 e. The number of quaternary nitrogens is 1. The number of likely N-dealkylation sites (N-methyl/N-ethyl adjacent to an activating group) is 1. The first kappa shape index (κ1) is 18.6. The molecular weight excluding hydrogens is 342 g/mol. The Bertz CT molecular complexity index is 753. The maximum Gasteiger partial charge on any atom is 0.275 e. The molecule has 0 fully saturated rings. The molecule has 0 spiro atoms. The number of aromatic nitrogens is 2. The molecule has 1 unspecified atom stereocenters. The summed E-state index contributed by atoms with van der Waals surface area (Å²) in [4.78, 5) is 12.9. The number of aryl methyl sites for hydroxylation is 1. The molecular formula is C16H24N5OS2+. The van der Waals surface area contributed by atoms with Gasteiger partial charge in [-0.3, -0.25) is 4.79 Å². The average Bonchev–Trinajstić information content (AvgIpc) is 2.80. The second-order valence-corrected chi connectivity index (χ2v) is 7.75. The van der Waals surface area contributed by atoms with E-state index in [1.807, 2.05) is 52.1 Å². The Labute approximate surface area is 151 Å². The van der Waals surface area contributed by atoms with Crippen LogP contribution in [0.4, 0.5) is 10.8 Å². The molecule has 1 aromatic heterocycles. The van der Waals surface area contributed by atoms with E-state index in [0.29, 0.717) is 17.2 Å². The van der Waals surface area contributed by atoms with Gasteiger partial charge < -0.3 is 15.5 Å². The lowest BCUT2D eigenvalue weighted by Crippen LogP contribution is -3.09. The zero-order chi connectivity index (χ0) is 17.7. The Morgan fingerprint density at radius 1 is 1.42 bits per heavy atom. The molecule has 2 aromatic rings. The summed E-state index contributed by atoms with van der Waals surface area (Å²) >= 11 is 6.82. The summed E-state index contributed by atoms with van der Waals surface area (Å²) in [5.74, 6) is 0.0301. The Hall–Kier alpha value is -1.77. The van der Waals surface area contributed by atoms with E-state index in [1.54, 1.807) is 4.68 Å². The van der Waals surface area contributed by atoms with Gasteiger partial charge >= 0.3 is 0 Å². The predicted molar refractivity (Wildman–Crippen MR) is 100 cm³/mol. The average molecular weight is 367 g/mol. The van der Waals surface area contributed by atoms with Crippen LogP contribution in [0.5, 0.6) is 0 Å². The maximum atomic E-state index is 11.8. The summed E-state index contributed by atoms with van der Waals surface area (Å²) in [5.41, 5.74) is 2.17. The molecule has 6 nitrogen and oxygen atoms in total. The number of nitrogens with zero attached hydrogens (tertiary/aromatic N) is 2. The Morgan fingerprint density at radius 3 is 2.79 bits per heavy atom. The highest BCUT2D eigenvalue weighted by molar-refractivity contribution is 7.73. The molecule has 1 amide bonds. The number of para-hydroxylation sites is 1. The maximum absolute atomic E-state index is 11.8. The van der Waals surface area contributed by atoms with Crippen molar-refractivity contribution >= 4 is 40.3 Å². The third-order valence-electron chi connectivity index (χ3n) is 3.32. The monoisotopic (exact) mass is 366 g/mol. The molecule has 1 heterocycles. The Balaban J connectivity index is 2.00. The van der Waals surface area contributed by atoms with Gasteiger partial charge in [-0.05, 0) is 44.6 Å². The standard InChI is InChI=1S/C16H23N5OS2/c1-11(2)17-14(22)9-20(4)10-21-16(23)24-15(19-21)18-13-8-6-5-7-12(13)3/h5-8,11H,9-10H2,1-4H3,(H,17,22)(H,18,19)/p+1. The van der Waals surface area contributed by atoms with Gasteiger partial charge in [0.25, 0.3) is 5.91 Å². The van der Waals surface area contributed by atoms with E-state index < -0.39 is 0 Å². The van der Waals surface area contributed by atoms with Crippen LogP contribution in [0, 0.1) is 10.9 Å². The van der Waals surface area contributed by atoms with Crippen molar-refractivity contribution in [3.8, 4) is 0 Å². The molecule has 3 N–H and O–H groups in total. The van der Waals surface area contributed by atoms with Gasteiger partial charge in [0.1, 0.15) is 0 Å². The summed E-state index contributed by atoms with van der Waals surface area (Å²) in [5, 5.41) is 11.5. The highest BCUT2D eigenvalue weighted by Crippen LogP contribution is 2.22. The van der Waals surface area contributed by atoms with Crippen LogP contribution in [0.3, 0.4) is 0 Å². The van der Waals surface area contributed by atoms with E-state index in [9.17, 15) is 4.79 Å². The second-order valence-electron chi connectivity index (χ2n) is 6.13. The molecule has 0 aliphatic rings. The third kappa shape index (κ3) is 5.40. The first-order valence-corrected chi connectivity index (χ1v) is 9.09. The third-order valence-corrected chi connectivity index (χ3v) is 4.55.